The second-order valence-corrected chi connectivity index (χ2v) is 8.77. The van der Waals surface area contributed by atoms with E-state index in [0.29, 0.717) is 10.7 Å². The van der Waals surface area contributed by atoms with Gasteiger partial charge in [-0.25, -0.2) is 4.98 Å². The predicted molar refractivity (Wildman–Crippen MR) is 100 cm³/mol. The van der Waals surface area contributed by atoms with Crippen molar-refractivity contribution in [1.29, 1.82) is 0 Å². The van der Waals surface area contributed by atoms with Crippen molar-refractivity contribution in [1.82, 2.24) is 14.8 Å². The minimum Gasteiger partial charge on any atom is -0.298 e. The third kappa shape index (κ3) is 3.27. The summed E-state index contributed by atoms with van der Waals surface area (Å²) in [5.74, 6) is -0.175. The molecule has 0 aliphatic carbocycles. The molecule has 3 aromatic rings. The van der Waals surface area contributed by atoms with E-state index in [1.807, 2.05) is 17.0 Å². The fourth-order valence-corrected chi connectivity index (χ4v) is 4.10. The van der Waals surface area contributed by atoms with Gasteiger partial charge in [-0.2, -0.15) is 5.10 Å². The van der Waals surface area contributed by atoms with E-state index in [9.17, 15) is 4.79 Å². The summed E-state index contributed by atoms with van der Waals surface area (Å²) in [5, 5.41) is 9.79. The summed E-state index contributed by atoms with van der Waals surface area (Å²) >= 11 is 3.13. The molecule has 1 N–H and O–H groups in total. The summed E-state index contributed by atoms with van der Waals surface area (Å²) in [4.78, 5) is 19.4. The summed E-state index contributed by atoms with van der Waals surface area (Å²) in [6.07, 6.45) is 1.62. The molecule has 0 fully saturated rings. The van der Waals surface area contributed by atoms with Crippen molar-refractivity contribution in [2.45, 2.75) is 40.2 Å². The van der Waals surface area contributed by atoms with E-state index in [4.69, 9.17) is 0 Å². The van der Waals surface area contributed by atoms with Crippen molar-refractivity contribution in [2.24, 2.45) is 0 Å². The highest BCUT2D eigenvalue weighted by Crippen LogP contribution is 2.30. The number of thiophene rings is 1. The third-order valence-corrected chi connectivity index (χ3v) is 5.39. The molecule has 0 aliphatic heterocycles. The smallest absolute Gasteiger partial charge is 0.260 e. The molecular weight excluding hydrogens is 340 g/mol. The van der Waals surface area contributed by atoms with Crippen LogP contribution in [0.1, 0.15) is 41.7 Å². The zero-order valence-electron chi connectivity index (χ0n) is 14.4. The summed E-state index contributed by atoms with van der Waals surface area (Å²) in [6.45, 7) is 10.2. The van der Waals surface area contributed by atoms with Crippen LogP contribution in [0, 0.1) is 13.8 Å². The Morgan fingerprint density at radius 3 is 2.58 bits per heavy atom. The SMILES string of the molecule is Cc1ccc(-c2csc(NC(=O)c3cnn(C(C)(C)C)c3C)n2)s1. The Labute approximate surface area is 149 Å². The van der Waals surface area contributed by atoms with Crippen molar-refractivity contribution in [3.05, 3.63) is 39.8 Å². The molecular formula is C17H20N4OS2. The van der Waals surface area contributed by atoms with Gasteiger partial charge in [0.2, 0.25) is 0 Å². The normalized spacial score (nSPS) is 11.7. The number of aryl methyl sites for hydroxylation is 1. The highest BCUT2D eigenvalue weighted by molar-refractivity contribution is 7.17. The van der Waals surface area contributed by atoms with Crippen LogP contribution in [0.25, 0.3) is 10.6 Å². The number of amides is 1. The number of hydrogen-bond acceptors (Lipinski definition) is 5. The first-order valence-corrected chi connectivity index (χ1v) is 9.34. The van der Waals surface area contributed by atoms with Crippen LogP contribution in [0.4, 0.5) is 5.13 Å². The first-order chi connectivity index (χ1) is 11.3. The molecule has 0 saturated heterocycles. The van der Waals surface area contributed by atoms with Crippen molar-refractivity contribution >= 4 is 33.7 Å². The highest BCUT2D eigenvalue weighted by atomic mass is 32.1. The summed E-state index contributed by atoms with van der Waals surface area (Å²) in [6, 6.07) is 4.13. The van der Waals surface area contributed by atoms with Crippen LogP contribution in [-0.2, 0) is 5.54 Å². The number of hydrogen-bond donors (Lipinski definition) is 1. The molecule has 0 spiro atoms. The predicted octanol–water partition coefficient (Wildman–Crippen LogP) is 4.69. The van der Waals surface area contributed by atoms with Gasteiger partial charge in [0, 0.05) is 16.0 Å². The van der Waals surface area contributed by atoms with Crippen molar-refractivity contribution in [3.63, 3.8) is 0 Å². The molecule has 0 aromatic carbocycles. The molecule has 3 heterocycles. The third-order valence-electron chi connectivity index (χ3n) is 3.61. The molecule has 24 heavy (non-hydrogen) atoms. The van der Waals surface area contributed by atoms with Gasteiger partial charge in [-0.05, 0) is 46.8 Å². The van der Waals surface area contributed by atoms with E-state index in [0.717, 1.165) is 16.3 Å². The van der Waals surface area contributed by atoms with Gasteiger partial charge in [-0.1, -0.05) is 0 Å². The number of aromatic nitrogens is 3. The van der Waals surface area contributed by atoms with Crippen LogP contribution in [-0.4, -0.2) is 20.7 Å². The molecule has 0 atom stereocenters. The van der Waals surface area contributed by atoms with Crippen LogP contribution in [0.5, 0.6) is 0 Å². The van der Waals surface area contributed by atoms with E-state index < -0.39 is 0 Å². The van der Waals surface area contributed by atoms with Gasteiger partial charge in [0.1, 0.15) is 0 Å². The number of thiazole rings is 1. The lowest BCUT2D eigenvalue weighted by Crippen LogP contribution is -2.25. The lowest BCUT2D eigenvalue weighted by atomic mass is 10.1. The van der Waals surface area contributed by atoms with E-state index in [1.165, 1.54) is 16.2 Å². The second kappa shape index (κ2) is 6.14. The monoisotopic (exact) mass is 360 g/mol. The molecule has 1 amide bonds. The minimum atomic E-state index is -0.175. The molecule has 3 aromatic heterocycles. The largest absolute Gasteiger partial charge is 0.298 e. The lowest BCUT2D eigenvalue weighted by molar-refractivity contribution is 0.102. The van der Waals surface area contributed by atoms with Crippen LogP contribution in [0.3, 0.4) is 0 Å². The van der Waals surface area contributed by atoms with Gasteiger partial charge < -0.3 is 0 Å². The van der Waals surface area contributed by atoms with Crippen molar-refractivity contribution in [3.8, 4) is 10.6 Å². The lowest BCUT2D eigenvalue weighted by Gasteiger charge is -2.21. The maximum absolute atomic E-state index is 12.5. The number of anilines is 1. The van der Waals surface area contributed by atoms with E-state index in [-0.39, 0.29) is 11.4 Å². The zero-order chi connectivity index (χ0) is 17.5. The molecule has 0 unspecified atom stereocenters. The number of rotatable bonds is 3. The molecule has 0 saturated carbocycles. The average Bonchev–Trinajstić information content (AvgIpc) is 3.17. The number of carbonyl (C=O) groups excluding carboxylic acids is 1. The molecule has 0 radical (unpaired) electrons. The van der Waals surface area contributed by atoms with Gasteiger partial charge in [0.25, 0.3) is 5.91 Å². The molecule has 5 nitrogen and oxygen atoms in total. The highest BCUT2D eigenvalue weighted by Gasteiger charge is 2.22. The Hall–Kier alpha value is -1.99. The fourth-order valence-electron chi connectivity index (χ4n) is 2.49. The van der Waals surface area contributed by atoms with E-state index in [1.54, 1.807) is 17.5 Å². The van der Waals surface area contributed by atoms with Crippen molar-refractivity contribution < 1.29 is 4.79 Å². The Balaban J connectivity index is 1.79. The Morgan fingerprint density at radius 2 is 2.00 bits per heavy atom. The summed E-state index contributed by atoms with van der Waals surface area (Å²) < 4.78 is 1.86. The molecule has 3 rings (SSSR count). The Kier molecular flexibility index (Phi) is 4.31. The topological polar surface area (TPSA) is 59.8 Å². The second-order valence-electron chi connectivity index (χ2n) is 6.63. The van der Waals surface area contributed by atoms with E-state index >= 15 is 0 Å². The van der Waals surface area contributed by atoms with Crippen LogP contribution in [0.2, 0.25) is 0 Å². The van der Waals surface area contributed by atoms with Crippen LogP contribution in [0.15, 0.2) is 23.7 Å². The van der Waals surface area contributed by atoms with Gasteiger partial charge in [-0.15, -0.1) is 22.7 Å². The van der Waals surface area contributed by atoms with Gasteiger partial charge in [0.05, 0.1) is 27.9 Å². The van der Waals surface area contributed by atoms with Gasteiger partial charge in [-0.3, -0.25) is 14.8 Å². The van der Waals surface area contributed by atoms with Gasteiger partial charge >= 0.3 is 0 Å². The Morgan fingerprint density at radius 1 is 1.25 bits per heavy atom. The molecule has 126 valence electrons. The standard InChI is InChI=1S/C17H20N4OS2/c1-10-6-7-14(24-10)13-9-23-16(19-13)20-15(22)12-8-18-21(11(12)2)17(3,4)5/h6-9H,1-5H3,(H,19,20,22). The molecule has 0 bridgehead atoms. The molecule has 0 aliphatic rings. The molecule has 7 heteroatoms. The van der Waals surface area contributed by atoms with Crippen LogP contribution >= 0.6 is 22.7 Å². The number of nitrogens with zero attached hydrogens (tertiary/aromatic N) is 3. The Bertz CT molecular complexity index is 883. The maximum Gasteiger partial charge on any atom is 0.260 e. The van der Waals surface area contributed by atoms with Gasteiger partial charge in [0.15, 0.2) is 5.13 Å². The number of nitrogens with one attached hydrogen (secondary N) is 1. The fraction of sp³-hybridized carbons (Fsp3) is 0.353. The number of carbonyl (C=O) groups is 1. The quantitative estimate of drug-likeness (QED) is 0.737. The summed E-state index contributed by atoms with van der Waals surface area (Å²) in [7, 11) is 0. The van der Waals surface area contributed by atoms with Crippen LogP contribution < -0.4 is 5.32 Å². The summed E-state index contributed by atoms with van der Waals surface area (Å²) in [5.41, 5.74) is 2.17. The maximum atomic E-state index is 12.5. The van der Waals surface area contributed by atoms with E-state index in [2.05, 4.69) is 55.2 Å². The average molecular weight is 361 g/mol. The van der Waals surface area contributed by atoms with Crippen molar-refractivity contribution in [2.75, 3.05) is 5.32 Å². The minimum absolute atomic E-state index is 0.159. The first kappa shape index (κ1) is 16.9. The zero-order valence-corrected chi connectivity index (χ0v) is 16.0. The first-order valence-electron chi connectivity index (χ1n) is 7.64.